The molecule has 0 radical (unpaired) electrons. The number of piperidine rings is 1. The van der Waals surface area contributed by atoms with Crippen LogP contribution in [-0.2, 0) is 20.9 Å². The van der Waals surface area contributed by atoms with Crippen molar-refractivity contribution in [2.24, 2.45) is 5.41 Å². The Balaban J connectivity index is 0.000000383. The van der Waals surface area contributed by atoms with Crippen molar-refractivity contribution in [2.45, 2.75) is 64.1 Å². The summed E-state index contributed by atoms with van der Waals surface area (Å²) in [5.41, 5.74) is 0.507. The minimum absolute atomic E-state index is 0.507. The molecule has 2 fully saturated rings. The van der Waals surface area contributed by atoms with E-state index in [-0.39, 0.29) is 0 Å². The number of ether oxygens (including phenoxy) is 1. The number of likely N-dealkylation sites (tertiary alicyclic amines) is 2. The summed E-state index contributed by atoms with van der Waals surface area (Å²) < 4.78 is 74.4. The first-order chi connectivity index (χ1) is 16.5. The number of alkyl halides is 6. The van der Waals surface area contributed by atoms with Gasteiger partial charge in [0.05, 0.1) is 19.4 Å². The molecule has 1 aromatic heterocycles. The number of halogens is 6. The average Bonchev–Trinajstić information content (AvgIpc) is 3.38. The molecule has 1 atom stereocenters. The van der Waals surface area contributed by atoms with Crippen LogP contribution in [0.2, 0.25) is 0 Å². The van der Waals surface area contributed by atoms with Gasteiger partial charge in [-0.3, -0.25) is 9.80 Å². The van der Waals surface area contributed by atoms with E-state index in [1.165, 1.54) is 38.9 Å². The van der Waals surface area contributed by atoms with Crippen molar-refractivity contribution < 1.29 is 55.3 Å². The fourth-order valence-corrected chi connectivity index (χ4v) is 4.32. The number of carboxylic acids is 2. The number of hydrogen-bond donors (Lipinski definition) is 2. The highest BCUT2D eigenvalue weighted by Gasteiger charge is 2.46. The molecule has 8 nitrogen and oxygen atoms in total. The summed E-state index contributed by atoms with van der Waals surface area (Å²) in [7, 11) is 1.83. The van der Waals surface area contributed by atoms with E-state index in [2.05, 4.69) is 29.7 Å². The van der Waals surface area contributed by atoms with Gasteiger partial charge in [-0.1, -0.05) is 0 Å². The lowest BCUT2D eigenvalue weighted by Gasteiger charge is -2.39. The molecule has 208 valence electrons. The van der Waals surface area contributed by atoms with Crippen LogP contribution >= 0.6 is 0 Å². The molecule has 2 aliphatic rings. The first kappa shape index (κ1) is 31.7. The fraction of sp³-hybridized carbons (Fsp3) is 0.727. The molecule has 3 heterocycles. The molecule has 3 rings (SSSR count). The number of carboxylic acid groups (broad SMARTS) is 2. The predicted molar refractivity (Wildman–Crippen MR) is 115 cm³/mol. The van der Waals surface area contributed by atoms with E-state index in [4.69, 9.17) is 29.0 Å². The van der Waals surface area contributed by atoms with Gasteiger partial charge < -0.3 is 19.4 Å². The van der Waals surface area contributed by atoms with Crippen LogP contribution in [0.1, 0.15) is 38.9 Å². The number of hydrogen-bond acceptors (Lipinski definition) is 6. The zero-order valence-electron chi connectivity index (χ0n) is 20.2. The topological polar surface area (TPSA) is 103 Å². The van der Waals surface area contributed by atoms with Crippen LogP contribution in [0.5, 0.6) is 0 Å². The number of furan rings is 1. The normalized spacial score (nSPS) is 20.4. The Morgan fingerprint density at radius 2 is 1.61 bits per heavy atom. The quantitative estimate of drug-likeness (QED) is 0.541. The minimum atomic E-state index is -5.08. The molecule has 0 amide bonds. The van der Waals surface area contributed by atoms with Crippen LogP contribution < -0.4 is 0 Å². The van der Waals surface area contributed by atoms with Gasteiger partial charge in [-0.25, -0.2) is 9.59 Å². The van der Waals surface area contributed by atoms with Gasteiger partial charge in [0.25, 0.3) is 0 Å². The smallest absolute Gasteiger partial charge is 0.475 e. The van der Waals surface area contributed by atoms with Crippen molar-refractivity contribution in [3.8, 4) is 0 Å². The fourth-order valence-electron chi connectivity index (χ4n) is 4.32. The summed E-state index contributed by atoms with van der Waals surface area (Å²) in [4.78, 5) is 23.0. The maximum Gasteiger partial charge on any atom is 0.490 e. The SMILES string of the molecule is COCC1CC2(CCN(Cc3ccco3)CC2)CN1C(C)C.O=C(O)C(F)(F)F.O=C(O)C(F)(F)F. The number of methoxy groups -OCH3 is 1. The van der Waals surface area contributed by atoms with Crippen molar-refractivity contribution in [1.29, 1.82) is 0 Å². The highest BCUT2D eigenvalue weighted by molar-refractivity contribution is 5.73. The predicted octanol–water partition coefficient (Wildman–Crippen LogP) is 4.26. The highest BCUT2D eigenvalue weighted by atomic mass is 19.4. The maximum atomic E-state index is 10.6. The minimum Gasteiger partial charge on any atom is -0.475 e. The van der Waals surface area contributed by atoms with Crippen LogP contribution in [0.4, 0.5) is 26.3 Å². The van der Waals surface area contributed by atoms with Gasteiger partial charge >= 0.3 is 24.3 Å². The van der Waals surface area contributed by atoms with Crippen molar-refractivity contribution >= 4 is 11.9 Å². The van der Waals surface area contributed by atoms with Crippen LogP contribution in [-0.4, -0.2) is 89.7 Å². The van der Waals surface area contributed by atoms with Gasteiger partial charge in [0, 0.05) is 25.7 Å². The molecular weight excluding hydrogens is 502 g/mol. The molecule has 14 heteroatoms. The molecule has 36 heavy (non-hydrogen) atoms. The number of nitrogens with zero attached hydrogens (tertiary/aromatic N) is 2. The molecule has 1 aromatic rings. The summed E-state index contributed by atoms with van der Waals surface area (Å²) in [5.74, 6) is -4.43. The lowest BCUT2D eigenvalue weighted by atomic mass is 9.76. The zero-order chi connectivity index (χ0) is 27.7. The van der Waals surface area contributed by atoms with Crippen molar-refractivity contribution in [3.05, 3.63) is 24.2 Å². The second-order valence-corrected chi connectivity index (χ2v) is 9.04. The Morgan fingerprint density at radius 3 is 1.97 bits per heavy atom. The molecule has 2 saturated heterocycles. The Hall–Kier alpha value is -2.32. The Morgan fingerprint density at radius 1 is 1.11 bits per heavy atom. The molecule has 1 spiro atoms. The molecule has 2 aliphatic heterocycles. The van der Waals surface area contributed by atoms with E-state index in [0.717, 1.165) is 18.9 Å². The van der Waals surface area contributed by atoms with Gasteiger partial charge in [0.1, 0.15) is 5.76 Å². The molecule has 1 unspecified atom stereocenters. The Bertz CT molecular complexity index is 781. The van der Waals surface area contributed by atoms with Gasteiger partial charge in [-0.2, -0.15) is 26.3 Å². The van der Waals surface area contributed by atoms with Crippen molar-refractivity contribution in [1.82, 2.24) is 9.80 Å². The van der Waals surface area contributed by atoms with Crippen LogP contribution in [0.25, 0.3) is 0 Å². The van der Waals surface area contributed by atoms with E-state index in [9.17, 15) is 26.3 Å². The van der Waals surface area contributed by atoms with Gasteiger partial charge in [-0.15, -0.1) is 0 Å². The van der Waals surface area contributed by atoms with Crippen LogP contribution in [0.3, 0.4) is 0 Å². The lowest BCUT2D eigenvalue weighted by molar-refractivity contribution is -0.193. The van der Waals surface area contributed by atoms with Crippen molar-refractivity contribution in [3.63, 3.8) is 0 Å². The van der Waals surface area contributed by atoms with E-state index >= 15 is 0 Å². The lowest BCUT2D eigenvalue weighted by Crippen LogP contribution is -2.42. The van der Waals surface area contributed by atoms with E-state index in [1.54, 1.807) is 6.26 Å². The second kappa shape index (κ2) is 13.3. The molecular formula is C22H32F6N2O6. The highest BCUT2D eigenvalue weighted by Crippen LogP contribution is 2.44. The second-order valence-electron chi connectivity index (χ2n) is 9.04. The summed E-state index contributed by atoms with van der Waals surface area (Å²) in [6.45, 7) is 10.1. The van der Waals surface area contributed by atoms with Gasteiger partial charge in [0.15, 0.2) is 0 Å². The maximum absolute atomic E-state index is 10.6. The summed E-state index contributed by atoms with van der Waals surface area (Å²) in [6, 6.07) is 5.27. The van der Waals surface area contributed by atoms with Gasteiger partial charge in [-0.05, 0) is 63.7 Å². The first-order valence-corrected chi connectivity index (χ1v) is 11.1. The number of rotatable bonds is 5. The Kier molecular flexibility index (Phi) is 11.7. The third-order valence-electron chi connectivity index (χ3n) is 6.04. The molecule has 0 bridgehead atoms. The summed E-state index contributed by atoms with van der Waals surface area (Å²) in [6.07, 6.45) is -4.49. The van der Waals surface area contributed by atoms with E-state index in [0.29, 0.717) is 17.5 Å². The zero-order valence-corrected chi connectivity index (χ0v) is 20.2. The largest absolute Gasteiger partial charge is 0.490 e. The van der Waals surface area contributed by atoms with E-state index in [1.807, 2.05) is 13.2 Å². The summed E-state index contributed by atoms with van der Waals surface area (Å²) >= 11 is 0. The number of aliphatic carboxylic acids is 2. The Labute approximate surface area is 204 Å². The molecule has 0 aliphatic carbocycles. The van der Waals surface area contributed by atoms with Crippen molar-refractivity contribution in [2.75, 3.05) is 33.4 Å². The summed E-state index contributed by atoms with van der Waals surface area (Å²) in [5, 5.41) is 14.2. The third-order valence-corrected chi connectivity index (χ3v) is 6.04. The molecule has 0 saturated carbocycles. The molecule has 0 aromatic carbocycles. The molecule has 2 N–H and O–H groups in total. The number of carbonyl (C=O) groups is 2. The van der Waals surface area contributed by atoms with Gasteiger partial charge in [0.2, 0.25) is 0 Å². The van der Waals surface area contributed by atoms with Crippen LogP contribution in [0.15, 0.2) is 22.8 Å². The standard InChI is InChI=1S/C18H30N2O2.2C2HF3O2/c1-15(2)20-14-18(11-16(20)13-21-3)6-8-19(9-7-18)12-17-5-4-10-22-17;2*3-2(4,5)1(6)7/h4-5,10,15-16H,6-9,11-14H2,1-3H3;2*(H,6,7). The average molecular weight is 534 g/mol. The third kappa shape index (κ3) is 10.3. The van der Waals surface area contributed by atoms with Crippen LogP contribution in [0, 0.1) is 5.41 Å². The first-order valence-electron chi connectivity index (χ1n) is 11.1. The monoisotopic (exact) mass is 534 g/mol. The van der Waals surface area contributed by atoms with E-state index < -0.39 is 24.3 Å².